The Kier molecular flexibility index (Phi) is 4.31. The summed E-state index contributed by atoms with van der Waals surface area (Å²) in [6.45, 7) is 4.97. The van der Waals surface area contributed by atoms with E-state index < -0.39 is 14.8 Å². The van der Waals surface area contributed by atoms with Crippen LogP contribution in [0.5, 0.6) is 11.5 Å². The van der Waals surface area contributed by atoms with Crippen LogP contribution in [-0.4, -0.2) is 14.8 Å². The molecule has 3 nitrogen and oxygen atoms in total. The van der Waals surface area contributed by atoms with E-state index in [9.17, 15) is 4.39 Å². The zero-order valence-corrected chi connectivity index (χ0v) is 16.8. The fraction of sp³-hybridized carbons (Fsp3) is 0.190. The highest BCUT2D eigenvalue weighted by atomic mass is 28.3. The first-order valence-electron chi connectivity index (χ1n) is 9.24. The van der Waals surface area contributed by atoms with Crippen LogP contribution in [0.2, 0.25) is 19.6 Å². The molecule has 0 radical (unpaired) electrons. The number of nitrogens with zero attached hydrogens (tertiary/aromatic N) is 1. The molecule has 0 fully saturated rings. The van der Waals surface area contributed by atoms with Gasteiger partial charge in [-0.25, -0.2) is 4.39 Å². The van der Waals surface area contributed by atoms with E-state index in [0.29, 0.717) is 0 Å². The fourth-order valence-electron chi connectivity index (χ4n) is 4.16. The Bertz CT molecular complexity index is 919. The highest BCUT2D eigenvalue weighted by Crippen LogP contribution is 2.44. The van der Waals surface area contributed by atoms with Crippen molar-refractivity contribution in [3.05, 3.63) is 90.5 Å². The predicted molar refractivity (Wildman–Crippen MR) is 108 cm³/mol. The van der Waals surface area contributed by atoms with Gasteiger partial charge in [-0.15, -0.1) is 0 Å². The zero-order chi connectivity index (χ0) is 19.1. The van der Waals surface area contributed by atoms with Gasteiger partial charge < -0.3 is 13.8 Å². The Morgan fingerprint density at radius 3 is 1.89 bits per heavy atom. The van der Waals surface area contributed by atoms with Crippen LogP contribution in [0, 0.1) is 5.82 Å². The van der Waals surface area contributed by atoms with Gasteiger partial charge in [-0.2, -0.15) is 0 Å². The molecule has 2 aromatic carbocycles. The molecule has 0 spiro atoms. The van der Waals surface area contributed by atoms with Crippen molar-refractivity contribution in [2.24, 2.45) is 0 Å². The van der Waals surface area contributed by atoms with Gasteiger partial charge in [0.05, 0.1) is 0 Å². The highest BCUT2D eigenvalue weighted by Gasteiger charge is 2.61. The molecule has 6 heteroatoms. The number of para-hydroxylation sites is 2. The Morgan fingerprint density at radius 2 is 1.37 bits per heavy atom. The van der Waals surface area contributed by atoms with Gasteiger partial charge in [-0.05, 0) is 36.4 Å². The summed E-state index contributed by atoms with van der Waals surface area (Å²) < 4.78 is 28.9. The Balaban J connectivity index is 1.93. The third kappa shape index (κ3) is 3.14. The topological polar surface area (TPSA) is 22.3 Å². The molecule has 1 aliphatic rings. The number of pyridine rings is 1. The fourth-order valence-corrected chi connectivity index (χ4v) is 6.92. The lowest BCUT2D eigenvalue weighted by Crippen LogP contribution is -2.77. The molecule has 0 amide bonds. The van der Waals surface area contributed by atoms with Crippen LogP contribution in [-0.2, 0) is 0 Å². The number of halogens is 1. The van der Waals surface area contributed by atoms with Gasteiger partial charge in [0.1, 0.15) is 29.7 Å². The van der Waals surface area contributed by atoms with Crippen LogP contribution in [0.3, 0.4) is 0 Å². The molecule has 0 bridgehead atoms. The van der Waals surface area contributed by atoms with Gasteiger partial charge in [0.15, 0.2) is 0 Å². The summed E-state index contributed by atoms with van der Waals surface area (Å²) in [5.74, 6) is 1.26. The lowest BCUT2D eigenvalue weighted by molar-refractivity contribution is -0.570. The minimum atomic E-state index is -1.92. The summed E-state index contributed by atoms with van der Waals surface area (Å²) in [5.41, 5.74) is 1.04. The van der Waals surface area contributed by atoms with Gasteiger partial charge >= 0.3 is 6.69 Å². The van der Waals surface area contributed by atoms with Crippen LogP contribution in [0.25, 0.3) is 0 Å². The van der Waals surface area contributed by atoms with Crippen molar-refractivity contribution in [3.63, 3.8) is 0 Å². The van der Waals surface area contributed by atoms with Crippen LogP contribution in [0.15, 0.2) is 79.1 Å². The first kappa shape index (κ1) is 17.8. The molecule has 0 N–H and O–H groups in total. The Labute approximate surface area is 160 Å². The second-order valence-corrected chi connectivity index (χ2v) is 13.5. The summed E-state index contributed by atoms with van der Waals surface area (Å²) in [6.07, 6.45) is 3.98. The third-order valence-electron chi connectivity index (χ3n) is 5.18. The highest BCUT2D eigenvalue weighted by molar-refractivity contribution is 6.90. The van der Waals surface area contributed by atoms with Gasteiger partial charge in [0, 0.05) is 13.5 Å². The lowest BCUT2D eigenvalue weighted by Gasteiger charge is -2.41. The maximum atomic E-state index is 13.6. The van der Waals surface area contributed by atoms with Gasteiger partial charge in [0.2, 0.25) is 0 Å². The summed E-state index contributed by atoms with van der Waals surface area (Å²) in [6, 6.07) is 20.5. The smallest absolute Gasteiger partial charge is 0.620 e. The molecule has 4 rings (SSSR count). The third-order valence-corrected chi connectivity index (χ3v) is 7.80. The molecule has 3 aromatic rings. The second kappa shape index (κ2) is 6.53. The predicted octanol–water partition coefficient (Wildman–Crippen LogP) is 4.57. The molecule has 1 aromatic heterocycles. The average Bonchev–Trinajstić information content (AvgIpc) is 3.03. The van der Waals surface area contributed by atoms with Crippen molar-refractivity contribution in [3.8, 4) is 11.5 Å². The van der Waals surface area contributed by atoms with E-state index >= 15 is 0 Å². The SMILES string of the molecule is C[Si](C)(C)[C@H](c1ccc(F)cc1)[B-]1([n+]2ccccc2)Oc2ccccc2O1. The number of hydrogen-bond acceptors (Lipinski definition) is 2. The Hall–Kier alpha value is -2.60. The van der Waals surface area contributed by atoms with Crippen molar-refractivity contribution in [1.29, 1.82) is 0 Å². The van der Waals surface area contributed by atoms with Crippen molar-refractivity contribution < 1.29 is 18.2 Å². The van der Waals surface area contributed by atoms with Gasteiger partial charge in [-0.3, -0.25) is 0 Å². The molecule has 1 aliphatic heterocycles. The second-order valence-electron chi connectivity index (χ2n) is 8.13. The van der Waals surface area contributed by atoms with Gasteiger partial charge in [0.25, 0.3) is 0 Å². The van der Waals surface area contributed by atoms with Crippen molar-refractivity contribution in [2.45, 2.75) is 25.1 Å². The normalized spacial score (nSPS) is 16.1. The van der Waals surface area contributed by atoms with E-state index in [1.165, 1.54) is 12.1 Å². The number of hydrogen-bond donors (Lipinski definition) is 0. The monoisotopic (exact) mass is 379 g/mol. The first-order valence-corrected chi connectivity index (χ1v) is 12.8. The first-order chi connectivity index (χ1) is 12.9. The van der Waals surface area contributed by atoms with Crippen LogP contribution < -0.4 is 13.8 Å². The summed E-state index contributed by atoms with van der Waals surface area (Å²) in [5, 5.41) is 0. The van der Waals surface area contributed by atoms with Crippen LogP contribution in [0.4, 0.5) is 4.39 Å². The van der Waals surface area contributed by atoms with Crippen molar-refractivity contribution in [1.82, 2.24) is 0 Å². The van der Waals surface area contributed by atoms with Gasteiger partial charge in [-0.1, -0.05) is 55.5 Å². The van der Waals surface area contributed by atoms with Crippen molar-refractivity contribution >= 4 is 14.8 Å². The quantitative estimate of drug-likeness (QED) is 0.620. The largest absolute Gasteiger partial charge is 0.658 e. The summed E-state index contributed by atoms with van der Waals surface area (Å²) in [4.78, 5) is 0. The average molecular weight is 379 g/mol. The van der Waals surface area contributed by atoms with Crippen molar-refractivity contribution in [2.75, 3.05) is 0 Å². The number of rotatable bonds is 4. The van der Waals surface area contributed by atoms with E-state index in [1.54, 1.807) is 0 Å². The molecule has 1 atom stereocenters. The molecule has 0 saturated carbocycles. The molecule has 138 valence electrons. The van der Waals surface area contributed by atoms with E-state index in [4.69, 9.17) is 9.31 Å². The molecule has 27 heavy (non-hydrogen) atoms. The number of fused-ring (bicyclic) bond motifs is 1. The molecule has 0 saturated heterocycles. The van der Waals surface area contributed by atoms with E-state index in [2.05, 4.69) is 19.6 Å². The summed E-state index contributed by atoms with van der Waals surface area (Å²) >= 11 is 0. The minimum absolute atomic E-state index is 0.00194. The van der Waals surface area contributed by atoms with Crippen LogP contribution >= 0.6 is 0 Å². The Morgan fingerprint density at radius 1 is 0.815 bits per heavy atom. The minimum Gasteiger partial charge on any atom is -0.620 e. The number of benzene rings is 2. The lowest BCUT2D eigenvalue weighted by atomic mass is 9.63. The molecular formula is C21H23BFNO2Si. The van der Waals surface area contributed by atoms with E-state index in [0.717, 1.165) is 17.1 Å². The maximum Gasteiger partial charge on any atom is 0.658 e. The van der Waals surface area contributed by atoms with E-state index in [1.807, 2.05) is 71.5 Å². The number of aromatic nitrogens is 1. The van der Waals surface area contributed by atoms with Crippen LogP contribution in [0.1, 0.15) is 11.0 Å². The molecular weight excluding hydrogens is 356 g/mol. The molecule has 0 unspecified atom stereocenters. The molecule has 2 heterocycles. The molecule has 0 aliphatic carbocycles. The van der Waals surface area contributed by atoms with E-state index in [-0.39, 0.29) is 11.3 Å². The standard InChI is InChI=1S/C21H23BFNO2Si/c1-27(2,3)21(17-11-13-18(23)14-12-17)22(24-15-7-4-8-16-24)25-19-9-5-6-10-20(19)26-22/h4-16,21H,1-3H3/t21-/m1/s1. The maximum absolute atomic E-state index is 13.6. The summed E-state index contributed by atoms with van der Waals surface area (Å²) in [7, 11) is -1.87. The zero-order valence-electron chi connectivity index (χ0n) is 15.8.